The van der Waals surface area contributed by atoms with Gasteiger partial charge in [0.1, 0.15) is 0 Å². The molecule has 6 heteroatoms. The maximum atomic E-state index is 11.9. The van der Waals surface area contributed by atoms with E-state index in [9.17, 15) is 18.0 Å². The highest BCUT2D eigenvalue weighted by atomic mass is 19.4. The molecule has 1 N–H and O–H groups in total. The number of carbonyl (C=O) groups excluding carboxylic acids is 1. The first kappa shape index (κ1) is 9.76. The number of hydrogen-bond donors (Lipinski definition) is 1. The van der Waals surface area contributed by atoms with E-state index in [1.54, 1.807) is 0 Å². The van der Waals surface area contributed by atoms with Crippen molar-refractivity contribution in [2.24, 2.45) is 0 Å². The molecule has 0 spiro atoms. The van der Waals surface area contributed by atoms with E-state index < -0.39 is 17.5 Å². The summed E-state index contributed by atoms with van der Waals surface area (Å²) < 4.78 is 39.6. The molecule has 0 aromatic carbocycles. The van der Waals surface area contributed by atoms with Crippen LogP contribution < -0.4 is 5.32 Å². The van der Waals surface area contributed by atoms with Crippen molar-refractivity contribution in [1.29, 1.82) is 0 Å². The SMILES string of the molecule is CC(=O)NC12CC(OC(F)(F)F)(C1)C2. The highest BCUT2D eigenvalue weighted by molar-refractivity contribution is 5.74. The predicted octanol–water partition coefficient (Wildman–Crippen LogP) is 1.33. The molecule has 3 fully saturated rings. The quantitative estimate of drug-likeness (QED) is 0.745. The molecule has 14 heavy (non-hydrogen) atoms. The molecule has 0 aliphatic heterocycles. The number of carbonyl (C=O) groups is 1. The van der Waals surface area contributed by atoms with Crippen LogP contribution in [0.15, 0.2) is 0 Å². The summed E-state index contributed by atoms with van der Waals surface area (Å²) in [5.41, 5.74) is -1.45. The lowest BCUT2D eigenvalue weighted by Crippen LogP contribution is -2.80. The van der Waals surface area contributed by atoms with Crippen LogP contribution in [0.2, 0.25) is 0 Å². The van der Waals surface area contributed by atoms with E-state index in [1.807, 2.05) is 0 Å². The molecule has 3 saturated carbocycles. The molecule has 3 rings (SSSR count). The fourth-order valence-electron chi connectivity index (χ4n) is 2.55. The Hall–Kier alpha value is -0.780. The zero-order valence-electron chi connectivity index (χ0n) is 7.57. The number of hydrogen-bond acceptors (Lipinski definition) is 2. The van der Waals surface area contributed by atoms with E-state index in [0.29, 0.717) is 0 Å². The molecule has 0 atom stereocenters. The number of amides is 1. The minimum absolute atomic E-state index is 0.203. The van der Waals surface area contributed by atoms with Gasteiger partial charge in [0.15, 0.2) is 0 Å². The molecule has 2 bridgehead atoms. The summed E-state index contributed by atoms with van der Waals surface area (Å²) in [6, 6.07) is 0. The van der Waals surface area contributed by atoms with Crippen molar-refractivity contribution >= 4 is 5.91 Å². The third-order valence-electron chi connectivity index (χ3n) is 2.76. The minimum Gasteiger partial charge on any atom is -0.351 e. The summed E-state index contributed by atoms with van der Waals surface area (Å²) in [5.74, 6) is -0.203. The average molecular weight is 209 g/mol. The Balaban J connectivity index is 1.85. The van der Waals surface area contributed by atoms with Crippen molar-refractivity contribution in [1.82, 2.24) is 5.32 Å². The van der Waals surface area contributed by atoms with Crippen LogP contribution in [-0.2, 0) is 9.53 Å². The van der Waals surface area contributed by atoms with Gasteiger partial charge in [-0.25, -0.2) is 0 Å². The highest BCUT2D eigenvalue weighted by Crippen LogP contribution is 2.64. The molecule has 0 heterocycles. The van der Waals surface area contributed by atoms with Gasteiger partial charge < -0.3 is 5.32 Å². The Labute approximate surface area is 78.6 Å². The van der Waals surface area contributed by atoms with Crippen LogP contribution in [0.1, 0.15) is 26.2 Å². The van der Waals surface area contributed by atoms with E-state index in [4.69, 9.17) is 0 Å². The second-order valence-corrected chi connectivity index (χ2v) is 4.22. The molecule has 1 amide bonds. The second-order valence-electron chi connectivity index (χ2n) is 4.22. The van der Waals surface area contributed by atoms with Crippen LogP contribution in [-0.4, -0.2) is 23.4 Å². The molecular weight excluding hydrogens is 199 g/mol. The lowest BCUT2D eigenvalue weighted by molar-refractivity contribution is -0.418. The predicted molar refractivity (Wildman–Crippen MR) is 40.3 cm³/mol. The lowest BCUT2D eigenvalue weighted by Gasteiger charge is -2.69. The smallest absolute Gasteiger partial charge is 0.351 e. The summed E-state index contributed by atoms with van der Waals surface area (Å²) in [5, 5.41) is 2.65. The molecule has 0 aromatic rings. The zero-order valence-corrected chi connectivity index (χ0v) is 7.57. The molecule has 0 aromatic heterocycles. The number of alkyl halides is 3. The molecule has 0 unspecified atom stereocenters. The van der Waals surface area contributed by atoms with Crippen molar-refractivity contribution < 1.29 is 22.7 Å². The van der Waals surface area contributed by atoms with E-state index in [-0.39, 0.29) is 25.2 Å². The topological polar surface area (TPSA) is 38.3 Å². The van der Waals surface area contributed by atoms with Crippen LogP contribution in [0.4, 0.5) is 13.2 Å². The van der Waals surface area contributed by atoms with Crippen LogP contribution in [0.5, 0.6) is 0 Å². The Morgan fingerprint density at radius 1 is 1.36 bits per heavy atom. The fourth-order valence-corrected chi connectivity index (χ4v) is 2.55. The third kappa shape index (κ3) is 1.47. The summed E-state index contributed by atoms with van der Waals surface area (Å²) in [4.78, 5) is 10.7. The Morgan fingerprint density at radius 2 is 1.86 bits per heavy atom. The van der Waals surface area contributed by atoms with E-state index in [1.165, 1.54) is 6.92 Å². The van der Waals surface area contributed by atoms with Gasteiger partial charge in [-0.05, 0) is 0 Å². The first-order chi connectivity index (χ1) is 6.24. The van der Waals surface area contributed by atoms with E-state index in [0.717, 1.165) is 0 Å². The average Bonchev–Trinajstić information content (AvgIpc) is 1.75. The summed E-state index contributed by atoms with van der Waals surface area (Å²) in [7, 11) is 0. The second kappa shape index (κ2) is 2.42. The van der Waals surface area contributed by atoms with E-state index >= 15 is 0 Å². The van der Waals surface area contributed by atoms with Gasteiger partial charge in [-0.3, -0.25) is 9.53 Å². The standard InChI is InChI=1S/C8H10F3NO2/c1-5(13)12-6-2-7(3-6,4-6)14-8(9,10)11/h2-4H2,1H3,(H,12,13). The first-order valence-electron chi connectivity index (χ1n) is 4.30. The molecule has 3 aliphatic rings. The molecule has 80 valence electrons. The number of nitrogens with one attached hydrogen (secondary N) is 1. The van der Waals surface area contributed by atoms with Gasteiger partial charge in [0.25, 0.3) is 0 Å². The Morgan fingerprint density at radius 3 is 2.21 bits per heavy atom. The van der Waals surface area contributed by atoms with Gasteiger partial charge in [0.05, 0.1) is 5.60 Å². The largest absolute Gasteiger partial charge is 0.523 e. The van der Waals surface area contributed by atoms with Crippen molar-refractivity contribution in [2.45, 2.75) is 43.7 Å². The third-order valence-corrected chi connectivity index (χ3v) is 2.76. The summed E-state index contributed by atoms with van der Waals surface area (Å²) >= 11 is 0. The summed E-state index contributed by atoms with van der Waals surface area (Å²) in [6.07, 6.45) is -3.74. The van der Waals surface area contributed by atoms with E-state index in [2.05, 4.69) is 10.1 Å². The molecular formula is C8H10F3NO2. The Kier molecular flexibility index (Phi) is 1.69. The van der Waals surface area contributed by atoms with Gasteiger partial charge in [-0.15, -0.1) is 13.2 Å². The van der Waals surface area contributed by atoms with Gasteiger partial charge in [0.2, 0.25) is 5.91 Å². The number of rotatable bonds is 2. The first-order valence-corrected chi connectivity index (χ1v) is 4.30. The lowest BCUT2D eigenvalue weighted by atomic mass is 9.46. The van der Waals surface area contributed by atoms with Crippen LogP contribution in [0.3, 0.4) is 0 Å². The van der Waals surface area contributed by atoms with Gasteiger partial charge in [-0.2, -0.15) is 0 Å². The van der Waals surface area contributed by atoms with Crippen molar-refractivity contribution in [3.05, 3.63) is 0 Å². The van der Waals surface area contributed by atoms with Crippen molar-refractivity contribution in [3.8, 4) is 0 Å². The normalized spacial score (nSPS) is 39.7. The van der Waals surface area contributed by atoms with Gasteiger partial charge in [-0.1, -0.05) is 0 Å². The zero-order chi connectivity index (χ0) is 10.6. The molecule has 3 aliphatic carbocycles. The number of halogens is 3. The van der Waals surface area contributed by atoms with Crippen LogP contribution in [0.25, 0.3) is 0 Å². The van der Waals surface area contributed by atoms with Crippen molar-refractivity contribution in [3.63, 3.8) is 0 Å². The highest BCUT2D eigenvalue weighted by Gasteiger charge is 2.72. The minimum atomic E-state index is -4.57. The van der Waals surface area contributed by atoms with Gasteiger partial charge in [0, 0.05) is 31.7 Å². The van der Waals surface area contributed by atoms with Crippen molar-refractivity contribution in [2.75, 3.05) is 0 Å². The van der Waals surface area contributed by atoms with Crippen LogP contribution in [0, 0.1) is 0 Å². The molecule has 0 saturated heterocycles. The maximum absolute atomic E-state index is 11.9. The van der Waals surface area contributed by atoms with Gasteiger partial charge >= 0.3 is 6.36 Å². The van der Waals surface area contributed by atoms with Crippen LogP contribution >= 0.6 is 0 Å². The monoisotopic (exact) mass is 209 g/mol. The molecule has 3 nitrogen and oxygen atoms in total. The summed E-state index contributed by atoms with van der Waals surface area (Å²) in [6.45, 7) is 1.36. The number of ether oxygens (including phenoxy) is 1. The maximum Gasteiger partial charge on any atom is 0.523 e. The molecule has 0 radical (unpaired) electrons. The Bertz CT molecular complexity index is 267. The fraction of sp³-hybridized carbons (Fsp3) is 0.875.